The van der Waals surface area contributed by atoms with Gasteiger partial charge in [0.2, 0.25) is 0 Å². The molecule has 2 rings (SSSR count). The van der Waals surface area contributed by atoms with Crippen molar-refractivity contribution in [3.05, 3.63) is 36.4 Å². The fourth-order valence-corrected chi connectivity index (χ4v) is 1.96. The molecule has 2 aromatic carbocycles. The van der Waals surface area contributed by atoms with Crippen LogP contribution in [0.1, 0.15) is 6.42 Å². The second-order valence-corrected chi connectivity index (χ2v) is 5.22. The van der Waals surface area contributed by atoms with Gasteiger partial charge in [0.05, 0.1) is 0 Å². The van der Waals surface area contributed by atoms with Gasteiger partial charge in [-0.1, -0.05) is 12.1 Å². The Labute approximate surface area is 140 Å². The average Bonchev–Trinajstić information content (AvgIpc) is 2.49. The van der Waals surface area contributed by atoms with E-state index in [1.54, 1.807) is 24.3 Å². The number of carboxylic acids is 1. The Kier molecular flexibility index (Phi) is 6.84. The van der Waals surface area contributed by atoms with Crippen LogP contribution in [0.3, 0.4) is 0 Å². The van der Waals surface area contributed by atoms with Gasteiger partial charge in [0.15, 0.2) is 0 Å². The lowest BCUT2D eigenvalue weighted by Gasteiger charge is -2.10. The predicted octanol–water partition coefficient (Wildman–Crippen LogP) is 0.430. The normalized spacial score (nSPS) is 11.2. The molecule has 0 aliphatic rings. The Balaban J connectivity index is 0.000000307. The van der Waals surface area contributed by atoms with Crippen molar-refractivity contribution in [3.63, 3.8) is 0 Å². The van der Waals surface area contributed by atoms with Crippen LogP contribution in [0.25, 0.3) is 11.1 Å². The van der Waals surface area contributed by atoms with Gasteiger partial charge in [-0.05, 0) is 37.2 Å². The molecule has 0 spiro atoms. The largest absolute Gasteiger partial charge is 0.480 e. The molecule has 24 heavy (non-hydrogen) atoms. The minimum atomic E-state index is -0.990. The molecule has 130 valence electrons. The van der Waals surface area contributed by atoms with Crippen molar-refractivity contribution in [1.29, 1.82) is 0 Å². The zero-order valence-corrected chi connectivity index (χ0v) is 13.3. The van der Waals surface area contributed by atoms with E-state index >= 15 is 0 Å². The van der Waals surface area contributed by atoms with Gasteiger partial charge in [-0.25, -0.2) is 0 Å². The quantitative estimate of drug-likeness (QED) is 0.391. The molecule has 0 aromatic heterocycles. The first-order chi connectivity index (χ1) is 11.3. The van der Waals surface area contributed by atoms with Gasteiger partial charge in [0.25, 0.3) is 0 Å². The summed E-state index contributed by atoms with van der Waals surface area (Å²) in [6, 6.07) is 9.93. The maximum Gasteiger partial charge on any atom is 0.320 e. The summed E-state index contributed by atoms with van der Waals surface area (Å²) in [5.41, 5.74) is 37.4. The van der Waals surface area contributed by atoms with Gasteiger partial charge in [0, 0.05) is 33.9 Å². The Hall–Kier alpha value is -2.97. The number of nitrogens with two attached hydrogens (primary N) is 6. The summed E-state index contributed by atoms with van der Waals surface area (Å²) in [7, 11) is 0. The Morgan fingerprint density at radius 3 is 1.58 bits per heavy atom. The Bertz CT molecular complexity index is 655. The average molecular weight is 332 g/mol. The topological polar surface area (TPSA) is 193 Å². The number of anilines is 4. The summed E-state index contributed by atoms with van der Waals surface area (Å²) in [6.07, 6.45) is 0.343. The van der Waals surface area contributed by atoms with Gasteiger partial charge < -0.3 is 39.5 Å². The molecule has 0 heterocycles. The van der Waals surface area contributed by atoms with E-state index in [-0.39, 0.29) is 0 Å². The highest BCUT2D eigenvalue weighted by molar-refractivity contribution is 5.86. The fraction of sp³-hybridized carbons (Fsp3) is 0.188. The molecular weight excluding hydrogens is 308 g/mol. The maximum absolute atomic E-state index is 9.91. The molecule has 2 aromatic rings. The van der Waals surface area contributed by atoms with Crippen molar-refractivity contribution in [2.45, 2.75) is 12.5 Å². The van der Waals surface area contributed by atoms with Gasteiger partial charge in [-0.15, -0.1) is 0 Å². The van der Waals surface area contributed by atoms with Crippen molar-refractivity contribution < 1.29 is 9.90 Å². The molecule has 8 nitrogen and oxygen atoms in total. The SMILES string of the molecule is NCCC(N)C(=O)O.Nc1ccc(-c2ccc(N)cc2N)c(N)c1. The number of hydrogen-bond donors (Lipinski definition) is 7. The van der Waals surface area contributed by atoms with Gasteiger partial charge in [-0.3, -0.25) is 4.79 Å². The molecule has 0 fully saturated rings. The van der Waals surface area contributed by atoms with Crippen LogP contribution in [0.15, 0.2) is 36.4 Å². The number of hydrogen-bond acceptors (Lipinski definition) is 7. The summed E-state index contributed by atoms with van der Waals surface area (Å²) < 4.78 is 0. The van der Waals surface area contributed by atoms with Crippen LogP contribution in [-0.2, 0) is 4.79 Å². The minimum absolute atomic E-state index is 0.327. The van der Waals surface area contributed by atoms with Crippen LogP contribution in [-0.4, -0.2) is 23.7 Å². The second-order valence-electron chi connectivity index (χ2n) is 5.22. The van der Waals surface area contributed by atoms with Crippen molar-refractivity contribution in [2.24, 2.45) is 11.5 Å². The van der Waals surface area contributed by atoms with E-state index in [0.29, 0.717) is 35.7 Å². The highest BCUT2D eigenvalue weighted by atomic mass is 16.4. The first-order valence-corrected chi connectivity index (χ1v) is 7.25. The van der Waals surface area contributed by atoms with Crippen LogP contribution in [0.4, 0.5) is 22.7 Å². The molecule has 0 radical (unpaired) electrons. The molecule has 8 heteroatoms. The summed E-state index contributed by atoms with van der Waals surface area (Å²) >= 11 is 0. The summed E-state index contributed by atoms with van der Waals surface area (Å²) in [4.78, 5) is 9.91. The van der Waals surface area contributed by atoms with Crippen LogP contribution < -0.4 is 34.4 Å². The number of benzene rings is 2. The minimum Gasteiger partial charge on any atom is -0.480 e. The van der Waals surface area contributed by atoms with Crippen molar-refractivity contribution >= 4 is 28.7 Å². The zero-order valence-electron chi connectivity index (χ0n) is 13.3. The number of rotatable bonds is 4. The van der Waals surface area contributed by atoms with Gasteiger partial charge in [0.1, 0.15) is 6.04 Å². The van der Waals surface area contributed by atoms with Crippen molar-refractivity contribution in [1.82, 2.24) is 0 Å². The standard InChI is InChI=1S/C12H14N4.C4H10N2O2/c13-7-1-3-9(11(15)5-7)10-4-2-8(14)6-12(10)16;5-2-1-3(6)4(7)8/h1-6H,13-16H2;3H,1-2,5-6H2,(H,7,8). The van der Waals surface area contributed by atoms with E-state index in [2.05, 4.69) is 0 Å². The van der Waals surface area contributed by atoms with Crippen LogP contribution in [0.5, 0.6) is 0 Å². The maximum atomic E-state index is 9.91. The van der Waals surface area contributed by atoms with E-state index < -0.39 is 12.0 Å². The lowest BCUT2D eigenvalue weighted by Crippen LogP contribution is -2.32. The van der Waals surface area contributed by atoms with E-state index in [0.717, 1.165) is 11.1 Å². The van der Waals surface area contributed by atoms with Crippen LogP contribution >= 0.6 is 0 Å². The third kappa shape index (κ3) is 5.34. The molecule has 0 saturated carbocycles. The number of carboxylic acid groups (broad SMARTS) is 1. The fourth-order valence-electron chi connectivity index (χ4n) is 1.96. The highest BCUT2D eigenvalue weighted by Crippen LogP contribution is 2.32. The van der Waals surface area contributed by atoms with Gasteiger partial charge >= 0.3 is 5.97 Å². The molecular formula is C16H24N6O2. The van der Waals surface area contributed by atoms with Crippen molar-refractivity contribution in [3.8, 4) is 11.1 Å². The summed E-state index contributed by atoms with van der Waals surface area (Å²) in [5, 5.41) is 8.13. The predicted molar refractivity (Wildman–Crippen MR) is 98.8 cm³/mol. The third-order valence-corrected chi connectivity index (χ3v) is 3.24. The third-order valence-electron chi connectivity index (χ3n) is 3.24. The summed E-state index contributed by atoms with van der Waals surface area (Å²) in [6.45, 7) is 0.327. The van der Waals surface area contributed by atoms with E-state index in [9.17, 15) is 4.79 Å². The van der Waals surface area contributed by atoms with Crippen molar-refractivity contribution in [2.75, 3.05) is 29.5 Å². The number of carbonyl (C=O) groups is 1. The zero-order chi connectivity index (χ0) is 18.3. The molecule has 0 saturated heterocycles. The first-order valence-electron chi connectivity index (χ1n) is 7.25. The molecule has 0 amide bonds. The lowest BCUT2D eigenvalue weighted by atomic mass is 10.0. The number of nitrogen functional groups attached to an aromatic ring is 4. The van der Waals surface area contributed by atoms with E-state index in [1.165, 1.54) is 0 Å². The monoisotopic (exact) mass is 332 g/mol. The first kappa shape index (κ1) is 19.1. The second kappa shape index (κ2) is 8.61. The van der Waals surface area contributed by atoms with Crippen LogP contribution in [0, 0.1) is 0 Å². The van der Waals surface area contributed by atoms with E-state index in [4.69, 9.17) is 39.5 Å². The summed E-state index contributed by atoms with van der Waals surface area (Å²) in [5.74, 6) is -0.990. The van der Waals surface area contributed by atoms with Crippen LogP contribution in [0.2, 0.25) is 0 Å². The molecule has 0 aliphatic heterocycles. The van der Waals surface area contributed by atoms with E-state index in [1.807, 2.05) is 12.1 Å². The highest BCUT2D eigenvalue weighted by Gasteiger charge is 2.08. The number of aliphatic carboxylic acids is 1. The molecule has 0 aliphatic carbocycles. The Morgan fingerprint density at radius 1 is 0.917 bits per heavy atom. The molecule has 1 unspecified atom stereocenters. The molecule has 13 N–H and O–H groups in total. The van der Waals surface area contributed by atoms with Gasteiger partial charge in [-0.2, -0.15) is 0 Å². The Morgan fingerprint density at radius 2 is 1.33 bits per heavy atom. The molecule has 1 atom stereocenters. The lowest BCUT2D eigenvalue weighted by molar-refractivity contribution is -0.138. The molecule has 0 bridgehead atoms. The smallest absolute Gasteiger partial charge is 0.320 e.